The van der Waals surface area contributed by atoms with Crippen molar-refractivity contribution >= 4 is 0 Å². The van der Waals surface area contributed by atoms with Crippen molar-refractivity contribution in [3.05, 3.63) is 0 Å². The molecular weight excluding hydrogens is 212 g/mol. The van der Waals surface area contributed by atoms with Gasteiger partial charge in [-0.05, 0) is 51.2 Å². The second-order valence-corrected chi connectivity index (χ2v) is 5.15. The third-order valence-electron chi connectivity index (χ3n) is 3.19. The zero-order valence-corrected chi connectivity index (χ0v) is 12.2. The van der Waals surface area contributed by atoms with Gasteiger partial charge < -0.3 is 15.4 Å². The van der Waals surface area contributed by atoms with Gasteiger partial charge in [0.15, 0.2) is 0 Å². The summed E-state index contributed by atoms with van der Waals surface area (Å²) in [6, 6.07) is 0. The third-order valence-corrected chi connectivity index (χ3v) is 3.19. The normalized spacial score (nSPS) is 13.6. The maximum absolute atomic E-state index is 5.83. The number of nitrogens with two attached hydrogens (primary N) is 1. The van der Waals surface area contributed by atoms with Crippen LogP contribution in [-0.2, 0) is 4.74 Å². The van der Waals surface area contributed by atoms with Gasteiger partial charge in [-0.3, -0.25) is 0 Å². The Hall–Kier alpha value is -0.120. The molecule has 0 aliphatic heterocycles. The van der Waals surface area contributed by atoms with E-state index in [0.29, 0.717) is 5.92 Å². The molecule has 0 aromatic heterocycles. The highest BCUT2D eigenvalue weighted by atomic mass is 16.5. The molecular formula is C14H32N2O. The molecule has 0 aromatic rings. The van der Waals surface area contributed by atoms with E-state index in [0.717, 1.165) is 45.3 Å². The number of likely N-dealkylation sites (N-methyl/N-ethyl adjacent to an activating group) is 1. The van der Waals surface area contributed by atoms with Gasteiger partial charge >= 0.3 is 0 Å². The first-order chi connectivity index (χ1) is 8.13. The molecule has 104 valence electrons. The summed E-state index contributed by atoms with van der Waals surface area (Å²) in [7, 11) is 0. The standard InChI is InChI=1S/C14H32N2O/c1-5-16(9-10-17-6-2)8-7-14(12-15)11-13(3)4/h13-14H,5-12,15H2,1-4H3. The van der Waals surface area contributed by atoms with Gasteiger partial charge in [-0.25, -0.2) is 0 Å². The van der Waals surface area contributed by atoms with E-state index in [1.54, 1.807) is 0 Å². The molecule has 0 heterocycles. The lowest BCUT2D eigenvalue weighted by atomic mass is 9.94. The van der Waals surface area contributed by atoms with Crippen LogP contribution in [0, 0.1) is 11.8 Å². The second kappa shape index (κ2) is 11.0. The predicted molar refractivity (Wildman–Crippen MR) is 75.2 cm³/mol. The molecule has 0 spiro atoms. The molecule has 1 unspecified atom stereocenters. The minimum absolute atomic E-state index is 0.677. The van der Waals surface area contributed by atoms with Crippen LogP contribution in [-0.4, -0.2) is 44.3 Å². The van der Waals surface area contributed by atoms with Crippen molar-refractivity contribution in [1.29, 1.82) is 0 Å². The predicted octanol–water partition coefficient (Wildman–Crippen LogP) is 2.36. The number of hydrogen-bond donors (Lipinski definition) is 1. The highest BCUT2D eigenvalue weighted by Gasteiger charge is 2.11. The lowest BCUT2D eigenvalue weighted by Crippen LogP contribution is -2.31. The maximum Gasteiger partial charge on any atom is 0.0593 e. The summed E-state index contributed by atoms with van der Waals surface area (Å²) in [5.41, 5.74) is 5.83. The first kappa shape index (κ1) is 16.9. The van der Waals surface area contributed by atoms with Gasteiger partial charge in [0.25, 0.3) is 0 Å². The number of rotatable bonds is 11. The Morgan fingerprint density at radius 1 is 1.18 bits per heavy atom. The van der Waals surface area contributed by atoms with Gasteiger partial charge in [0.2, 0.25) is 0 Å². The molecule has 3 heteroatoms. The van der Waals surface area contributed by atoms with E-state index in [1.807, 2.05) is 6.92 Å². The summed E-state index contributed by atoms with van der Waals surface area (Å²) in [5.74, 6) is 1.43. The van der Waals surface area contributed by atoms with E-state index in [1.165, 1.54) is 12.8 Å². The lowest BCUT2D eigenvalue weighted by molar-refractivity contribution is 0.112. The minimum Gasteiger partial charge on any atom is -0.380 e. The molecule has 3 nitrogen and oxygen atoms in total. The van der Waals surface area contributed by atoms with Gasteiger partial charge in [0.1, 0.15) is 0 Å². The average molecular weight is 244 g/mol. The number of hydrogen-bond acceptors (Lipinski definition) is 3. The van der Waals surface area contributed by atoms with Crippen LogP contribution in [0.1, 0.15) is 40.5 Å². The van der Waals surface area contributed by atoms with Crippen molar-refractivity contribution in [3.63, 3.8) is 0 Å². The van der Waals surface area contributed by atoms with Crippen LogP contribution in [0.3, 0.4) is 0 Å². The Morgan fingerprint density at radius 2 is 1.88 bits per heavy atom. The SMILES string of the molecule is CCOCCN(CC)CCC(CN)CC(C)C. The number of nitrogens with zero attached hydrogens (tertiary/aromatic N) is 1. The first-order valence-electron chi connectivity index (χ1n) is 7.14. The third kappa shape index (κ3) is 9.57. The van der Waals surface area contributed by atoms with Crippen LogP contribution in [0.2, 0.25) is 0 Å². The summed E-state index contributed by atoms with van der Waals surface area (Å²) in [6.45, 7) is 14.6. The van der Waals surface area contributed by atoms with Crippen LogP contribution in [0.4, 0.5) is 0 Å². The maximum atomic E-state index is 5.83. The van der Waals surface area contributed by atoms with Gasteiger partial charge in [-0.1, -0.05) is 20.8 Å². The molecule has 0 saturated heterocycles. The van der Waals surface area contributed by atoms with Gasteiger partial charge in [0.05, 0.1) is 6.61 Å². The minimum atomic E-state index is 0.677. The molecule has 17 heavy (non-hydrogen) atoms. The van der Waals surface area contributed by atoms with Crippen LogP contribution in [0.5, 0.6) is 0 Å². The van der Waals surface area contributed by atoms with E-state index >= 15 is 0 Å². The van der Waals surface area contributed by atoms with E-state index in [9.17, 15) is 0 Å². The highest BCUT2D eigenvalue weighted by Crippen LogP contribution is 2.14. The monoisotopic (exact) mass is 244 g/mol. The molecule has 0 saturated carbocycles. The fourth-order valence-electron chi connectivity index (χ4n) is 2.13. The highest BCUT2D eigenvalue weighted by molar-refractivity contribution is 4.65. The van der Waals surface area contributed by atoms with E-state index in [2.05, 4.69) is 25.7 Å². The largest absolute Gasteiger partial charge is 0.380 e. The van der Waals surface area contributed by atoms with Gasteiger partial charge in [-0.15, -0.1) is 0 Å². The Balaban J connectivity index is 3.77. The summed E-state index contributed by atoms with van der Waals surface area (Å²) < 4.78 is 5.40. The summed E-state index contributed by atoms with van der Waals surface area (Å²) >= 11 is 0. The Kier molecular flexibility index (Phi) is 10.9. The van der Waals surface area contributed by atoms with Crippen LogP contribution in [0.25, 0.3) is 0 Å². The van der Waals surface area contributed by atoms with Crippen LogP contribution in [0.15, 0.2) is 0 Å². The topological polar surface area (TPSA) is 38.5 Å². The molecule has 0 bridgehead atoms. The quantitative estimate of drug-likeness (QED) is 0.567. The van der Waals surface area contributed by atoms with Crippen LogP contribution >= 0.6 is 0 Å². The molecule has 0 aliphatic rings. The molecule has 0 fully saturated rings. The number of ether oxygens (including phenoxy) is 1. The zero-order valence-electron chi connectivity index (χ0n) is 12.2. The van der Waals surface area contributed by atoms with Crippen molar-refractivity contribution in [2.45, 2.75) is 40.5 Å². The second-order valence-electron chi connectivity index (χ2n) is 5.15. The van der Waals surface area contributed by atoms with Gasteiger partial charge in [0, 0.05) is 13.2 Å². The van der Waals surface area contributed by atoms with Crippen molar-refractivity contribution in [1.82, 2.24) is 4.90 Å². The first-order valence-corrected chi connectivity index (χ1v) is 7.14. The molecule has 0 aromatic carbocycles. The van der Waals surface area contributed by atoms with Gasteiger partial charge in [-0.2, -0.15) is 0 Å². The molecule has 0 radical (unpaired) electrons. The van der Waals surface area contributed by atoms with Crippen molar-refractivity contribution < 1.29 is 4.74 Å². The van der Waals surface area contributed by atoms with Crippen molar-refractivity contribution in [2.24, 2.45) is 17.6 Å². The van der Waals surface area contributed by atoms with E-state index in [4.69, 9.17) is 10.5 Å². The fourth-order valence-corrected chi connectivity index (χ4v) is 2.13. The average Bonchev–Trinajstić information content (AvgIpc) is 2.31. The fraction of sp³-hybridized carbons (Fsp3) is 1.00. The van der Waals surface area contributed by atoms with E-state index < -0.39 is 0 Å². The molecule has 0 rings (SSSR count). The molecule has 2 N–H and O–H groups in total. The summed E-state index contributed by atoms with van der Waals surface area (Å²) in [4.78, 5) is 2.46. The summed E-state index contributed by atoms with van der Waals surface area (Å²) in [5, 5.41) is 0. The smallest absolute Gasteiger partial charge is 0.0593 e. The summed E-state index contributed by atoms with van der Waals surface area (Å²) in [6.07, 6.45) is 2.47. The molecule has 0 amide bonds. The van der Waals surface area contributed by atoms with Crippen molar-refractivity contribution in [2.75, 3.05) is 39.4 Å². The molecule has 0 aliphatic carbocycles. The Bertz CT molecular complexity index is 162. The Morgan fingerprint density at radius 3 is 2.35 bits per heavy atom. The molecule has 1 atom stereocenters. The van der Waals surface area contributed by atoms with E-state index in [-0.39, 0.29) is 0 Å². The van der Waals surface area contributed by atoms with Crippen molar-refractivity contribution in [3.8, 4) is 0 Å². The lowest BCUT2D eigenvalue weighted by Gasteiger charge is -2.24. The zero-order chi connectivity index (χ0) is 13.1. The van der Waals surface area contributed by atoms with Crippen LogP contribution < -0.4 is 5.73 Å². The Labute approximate surface area is 108 Å².